The molecule has 0 unspecified atom stereocenters. The maximum absolute atomic E-state index is 12.0. The molecule has 1 saturated heterocycles. The fourth-order valence-corrected chi connectivity index (χ4v) is 4.13. The minimum Gasteiger partial charge on any atom is -0.377 e. The highest BCUT2D eigenvalue weighted by molar-refractivity contribution is 5.94. The van der Waals surface area contributed by atoms with E-state index in [1.165, 1.54) is 17.5 Å². The summed E-state index contributed by atoms with van der Waals surface area (Å²) < 4.78 is 11.2. The summed E-state index contributed by atoms with van der Waals surface area (Å²) in [4.78, 5) is 28.2. The molecule has 10 nitrogen and oxygen atoms in total. The number of nitrogens with one attached hydrogen (secondary N) is 3. The average molecular weight is 534 g/mol. The van der Waals surface area contributed by atoms with E-state index in [0.717, 1.165) is 25.9 Å². The number of nitrogens with zero attached hydrogens (tertiary/aromatic N) is 4. The van der Waals surface area contributed by atoms with Gasteiger partial charge in [-0.3, -0.25) is 4.79 Å². The lowest BCUT2D eigenvalue weighted by Gasteiger charge is -2.27. The largest absolute Gasteiger partial charge is 0.377 e. The zero-order valence-electron chi connectivity index (χ0n) is 22.7. The fourth-order valence-electron chi connectivity index (χ4n) is 4.13. The van der Waals surface area contributed by atoms with E-state index in [0.29, 0.717) is 69.5 Å². The molecule has 0 spiro atoms. The standard InChI is InChI=1S/C29H39N7O3/c1-23-10-12-24(13-11-23)22-32-28-33-27(34-29(35-28)36-16-6-3-7-17-36)31-15-19-39-21-20-38-18-14-30-26(37)25-8-4-2-5-9-25/h2,4-5,8-13H,3,6-7,14-22H2,1H3,(H,30,37)(H2,31,32,33,34,35). The summed E-state index contributed by atoms with van der Waals surface area (Å²) in [5, 5.41) is 9.45. The Hall–Kier alpha value is -3.76. The minimum absolute atomic E-state index is 0.100. The van der Waals surface area contributed by atoms with Crippen molar-refractivity contribution in [2.45, 2.75) is 32.7 Å². The highest BCUT2D eigenvalue weighted by Gasteiger charge is 2.16. The van der Waals surface area contributed by atoms with Crippen LogP contribution in [0, 0.1) is 6.92 Å². The molecule has 0 radical (unpaired) electrons. The molecule has 4 rings (SSSR count). The molecule has 1 fully saturated rings. The summed E-state index contributed by atoms with van der Waals surface area (Å²) in [6.45, 7) is 7.50. The monoisotopic (exact) mass is 533 g/mol. The van der Waals surface area contributed by atoms with Crippen molar-refractivity contribution in [2.24, 2.45) is 0 Å². The molecule has 2 aromatic carbocycles. The molecule has 39 heavy (non-hydrogen) atoms. The van der Waals surface area contributed by atoms with E-state index in [4.69, 9.17) is 9.47 Å². The molecule has 1 aliphatic heterocycles. The van der Waals surface area contributed by atoms with Gasteiger partial charge in [-0.05, 0) is 43.9 Å². The zero-order valence-corrected chi connectivity index (χ0v) is 22.7. The van der Waals surface area contributed by atoms with Crippen molar-refractivity contribution in [3.8, 4) is 0 Å². The van der Waals surface area contributed by atoms with Crippen molar-refractivity contribution < 1.29 is 14.3 Å². The van der Waals surface area contributed by atoms with Crippen LogP contribution in [-0.4, -0.2) is 73.5 Å². The second-order valence-electron chi connectivity index (χ2n) is 9.44. The van der Waals surface area contributed by atoms with Crippen molar-refractivity contribution in [3.63, 3.8) is 0 Å². The predicted octanol–water partition coefficient (Wildman–Crippen LogP) is 3.66. The first-order valence-corrected chi connectivity index (χ1v) is 13.7. The first-order chi connectivity index (χ1) is 19.2. The van der Waals surface area contributed by atoms with Crippen molar-refractivity contribution in [1.82, 2.24) is 20.3 Å². The highest BCUT2D eigenvalue weighted by atomic mass is 16.5. The van der Waals surface area contributed by atoms with Gasteiger partial charge >= 0.3 is 0 Å². The van der Waals surface area contributed by atoms with E-state index in [1.807, 2.05) is 18.2 Å². The van der Waals surface area contributed by atoms with Crippen LogP contribution in [0.15, 0.2) is 54.6 Å². The topological polar surface area (TPSA) is 114 Å². The van der Waals surface area contributed by atoms with Gasteiger partial charge < -0.3 is 30.3 Å². The maximum Gasteiger partial charge on any atom is 0.251 e. The number of piperidine rings is 1. The number of carbonyl (C=O) groups excluding carboxylic acids is 1. The summed E-state index contributed by atoms with van der Waals surface area (Å²) in [5.74, 6) is 1.69. The van der Waals surface area contributed by atoms with Gasteiger partial charge in [0, 0.05) is 38.3 Å². The van der Waals surface area contributed by atoms with Gasteiger partial charge in [0.25, 0.3) is 5.91 Å². The third-order valence-corrected chi connectivity index (χ3v) is 6.30. The van der Waals surface area contributed by atoms with Gasteiger partial charge in [0.2, 0.25) is 17.8 Å². The smallest absolute Gasteiger partial charge is 0.251 e. The molecule has 208 valence electrons. The Morgan fingerprint density at radius 2 is 1.46 bits per heavy atom. The summed E-state index contributed by atoms with van der Waals surface area (Å²) in [5.41, 5.74) is 3.05. The van der Waals surface area contributed by atoms with E-state index in [1.54, 1.807) is 12.1 Å². The molecule has 0 saturated carbocycles. The molecule has 0 bridgehead atoms. The highest BCUT2D eigenvalue weighted by Crippen LogP contribution is 2.19. The number of carbonyl (C=O) groups is 1. The molecule has 1 amide bonds. The van der Waals surface area contributed by atoms with E-state index >= 15 is 0 Å². The Bertz CT molecular complexity index is 1140. The molecule has 3 N–H and O–H groups in total. The first-order valence-electron chi connectivity index (χ1n) is 13.7. The van der Waals surface area contributed by atoms with E-state index in [9.17, 15) is 4.79 Å². The van der Waals surface area contributed by atoms with Crippen LogP contribution >= 0.6 is 0 Å². The van der Waals surface area contributed by atoms with Gasteiger partial charge in [-0.2, -0.15) is 15.0 Å². The van der Waals surface area contributed by atoms with Gasteiger partial charge in [0.05, 0.1) is 26.4 Å². The fraction of sp³-hybridized carbons (Fsp3) is 0.448. The summed E-state index contributed by atoms with van der Waals surface area (Å²) in [6, 6.07) is 17.6. The van der Waals surface area contributed by atoms with Crippen LogP contribution in [0.1, 0.15) is 40.7 Å². The van der Waals surface area contributed by atoms with Crippen molar-refractivity contribution in [1.29, 1.82) is 0 Å². The van der Waals surface area contributed by atoms with Crippen LogP contribution in [0.3, 0.4) is 0 Å². The Morgan fingerprint density at radius 3 is 2.18 bits per heavy atom. The molecule has 1 aliphatic rings. The average Bonchev–Trinajstić information content (AvgIpc) is 2.98. The van der Waals surface area contributed by atoms with Crippen LogP contribution in [0.2, 0.25) is 0 Å². The first kappa shape index (κ1) is 28.3. The number of hydrogen-bond acceptors (Lipinski definition) is 9. The third kappa shape index (κ3) is 9.81. The Morgan fingerprint density at radius 1 is 0.795 bits per heavy atom. The van der Waals surface area contributed by atoms with Crippen LogP contribution in [0.4, 0.5) is 17.8 Å². The normalized spacial score (nSPS) is 13.2. The van der Waals surface area contributed by atoms with Crippen LogP contribution in [0.25, 0.3) is 0 Å². The van der Waals surface area contributed by atoms with Crippen LogP contribution in [-0.2, 0) is 16.0 Å². The number of amides is 1. The number of ether oxygens (including phenoxy) is 2. The van der Waals surface area contributed by atoms with Crippen molar-refractivity contribution >= 4 is 23.8 Å². The van der Waals surface area contributed by atoms with Crippen molar-refractivity contribution in [3.05, 3.63) is 71.3 Å². The molecule has 3 aromatic rings. The molecule has 2 heterocycles. The lowest BCUT2D eigenvalue weighted by atomic mass is 10.1. The lowest BCUT2D eigenvalue weighted by molar-refractivity contribution is 0.0519. The number of benzene rings is 2. The number of anilines is 3. The molecule has 1 aromatic heterocycles. The molecule has 0 aliphatic carbocycles. The third-order valence-electron chi connectivity index (χ3n) is 6.30. The van der Waals surface area contributed by atoms with Gasteiger partial charge in [-0.1, -0.05) is 48.0 Å². The number of aryl methyl sites for hydroxylation is 1. The lowest BCUT2D eigenvalue weighted by Crippen LogP contribution is -2.31. The number of rotatable bonds is 15. The zero-order chi connectivity index (χ0) is 27.1. The second-order valence-corrected chi connectivity index (χ2v) is 9.44. The van der Waals surface area contributed by atoms with Crippen molar-refractivity contribution in [2.75, 3.05) is 68.1 Å². The quantitative estimate of drug-likeness (QED) is 0.252. The summed E-state index contributed by atoms with van der Waals surface area (Å²) >= 11 is 0. The van der Waals surface area contributed by atoms with Gasteiger partial charge in [0.1, 0.15) is 0 Å². The Balaban J connectivity index is 1.16. The van der Waals surface area contributed by atoms with Gasteiger partial charge in [0.15, 0.2) is 0 Å². The Labute approximate surface area is 230 Å². The minimum atomic E-state index is -0.100. The summed E-state index contributed by atoms with van der Waals surface area (Å²) in [6.07, 6.45) is 3.54. The molecular formula is C29H39N7O3. The SMILES string of the molecule is Cc1ccc(CNc2nc(NCCOCCOCCNC(=O)c3ccccc3)nc(N3CCCCC3)n2)cc1. The molecule has 10 heteroatoms. The van der Waals surface area contributed by atoms with Crippen LogP contribution < -0.4 is 20.9 Å². The second kappa shape index (κ2) is 15.6. The van der Waals surface area contributed by atoms with Gasteiger partial charge in [-0.15, -0.1) is 0 Å². The Kier molecular flexibility index (Phi) is 11.3. The van der Waals surface area contributed by atoms with E-state index in [2.05, 4.69) is 67.0 Å². The summed E-state index contributed by atoms with van der Waals surface area (Å²) in [7, 11) is 0. The maximum atomic E-state index is 12.0. The number of hydrogen-bond donors (Lipinski definition) is 3. The van der Waals surface area contributed by atoms with Crippen LogP contribution in [0.5, 0.6) is 0 Å². The van der Waals surface area contributed by atoms with E-state index < -0.39 is 0 Å². The van der Waals surface area contributed by atoms with E-state index in [-0.39, 0.29) is 5.91 Å². The number of aromatic nitrogens is 3. The predicted molar refractivity (Wildman–Crippen MR) is 153 cm³/mol. The molecule has 0 atom stereocenters. The molecular weight excluding hydrogens is 494 g/mol. The van der Waals surface area contributed by atoms with Gasteiger partial charge in [-0.25, -0.2) is 0 Å².